The summed E-state index contributed by atoms with van der Waals surface area (Å²) in [7, 11) is 0. The first-order valence-corrected chi connectivity index (χ1v) is 8.59. The SMILES string of the molecule is Clc1ccc(-c2cnc(C3COCCN3Cc3cnc[nH]3)[nH]2)s1. The van der Waals surface area contributed by atoms with Crippen molar-refractivity contribution in [2.24, 2.45) is 0 Å². The van der Waals surface area contributed by atoms with Gasteiger partial charge in [0.25, 0.3) is 0 Å². The van der Waals surface area contributed by atoms with Gasteiger partial charge in [0.15, 0.2) is 0 Å². The van der Waals surface area contributed by atoms with Gasteiger partial charge in [-0.3, -0.25) is 4.90 Å². The fourth-order valence-electron chi connectivity index (χ4n) is 2.76. The van der Waals surface area contributed by atoms with E-state index in [0.717, 1.165) is 46.1 Å². The summed E-state index contributed by atoms with van der Waals surface area (Å²) in [6, 6.07) is 4.01. The van der Waals surface area contributed by atoms with Crippen LogP contribution >= 0.6 is 22.9 Å². The van der Waals surface area contributed by atoms with Crippen LogP contribution in [0, 0.1) is 0 Å². The van der Waals surface area contributed by atoms with Crippen LogP contribution in [-0.4, -0.2) is 44.6 Å². The molecule has 4 heterocycles. The van der Waals surface area contributed by atoms with Crippen molar-refractivity contribution in [3.63, 3.8) is 0 Å². The molecular weight excluding hydrogens is 334 g/mol. The third-order valence-electron chi connectivity index (χ3n) is 3.92. The Hall–Kier alpha value is -1.67. The van der Waals surface area contributed by atoms with Crippen LogP contribution in [0.3, 0.4) is 0 Å². The second-order valence-electron chi connectivity index (χ2n) is 5.42. The highest BCUT2D eigenvalue weighted by Crippen LogP contribution is 2.31. The lowest BCUT2D eigenvalue weighted by Crippen LogP contribution is -2.39. The molecule has 0 aliphatic carbocycles. The van der Waals surface area contributed by atoms with Crippen LogP contribution in [0.4, 0.5) is 0 Å². The number of thiophene rings is 1. The monoisotopic (exact) mass is 349 g/mol. The average Bonchev–Trinajstić information content (AvgIpc) is 3.28. The number of H-pyrrole nitrogens is 2. The Bertz CT molecular complexity index is 769. The lowest BCUT2D eigenvalue weighted by molar-refractivity contribution is -0.0161. The van der Waals surface area contributed by atoms with Crippen LogP contribution < -0.4 is 0 Å². The summed E-state index contributed by atoms with van der Waals surface area (Å²) in [4.78, 5) is 18.7. The Balaban J connectivity index is 1.56. The summed E-state index contributed by atoms with van der Waals surface area (Å²) in [5.41, 5.74) is 2.08. The first-order chi connectivity index (χ1) is 11.3. The molecule has 0 amide bonds. The van der Waals surface area contributed by atoms with Crippen LogP contribution in [0.2, 0.25) is 4.34 Å². The minimum Gasteiger partial charge on any atom is -0.378 e. The predicted octanol–water partition coefficient (Wildman–Crippen LogP) is 3.09. The summed E-state index contributed by atoms with van der Waals surface area (Å²) in [5, 5.41) is 0. The number of aromatic nitrogens is 4. The second-order valence-corrected chi connectivity index (χ2v) is 7.14. The zero-order chi connectivity index (χ0) is 15.6. The van der Waals surface area contributed by atoms with Crippen LogP contribution in [0.1, 0.15) is 17.6 Å². The van der Waals surface area contributed by atoms with Crippen molar-refractivity contribution in [2.75, 3.05) is 19.8 Å². The van der Waals surface area contributed by atoms with Gasteiger partial charge in [0, 0.05) is 25.0 Å². The molecule has 1 aliphatic heterocycles. The highest BCUT2D eigenvalue weighted by Gasteiger charge is 2.27. The molecule has 8 heteroatoms. The molecule has 0 saturated carbocycles. The predicted molar refractivity (Wildman–Crippen MR) is 89.5 cm³/mol. The molecule has 3 aromatic rings. The number of hydrogen-bond donors (Lipinski definition) is 2. The Morgan fingerprint density at radius 1 is 1.39 bits per heavy atom. The number of nitrogens with zero attached hydrogens (tertiary/aromatic N) is 3. The van der Waals surface area contributed by atoms with E-state index in [1.807, 2.05) is 24.5 Å². The summed E-state index contributed by atoms with van der Waals surface area (Å²) >= 11 is 7.56. The van der Waals surface area contributed by atoms with Gasteiger partial charge in [-0.05, 0) is 12.1 Å². The van der Waals surface area contributed by atoms with Gasteiger partial charge in [-0.25, -0.2) is 9.97 Å². The average molecular weight is 350 g/mol. The lowest BCUT2D eigenvalue weighted by Gasteiger charge is -2.33. The van der Waals surface area contributed by atoms with Gasteiger partial charge in [0.1, 0.15) is 5.82 Å². The van der Waals surface area contributed by atoms with Gasteiger partial charge in [0.2, 0.25) is 0 Å². The summed E-state index contributed by atoms with van der Waals surface area (Å²) < 4.78 is 6.43. The molecule has 23 heavy (non-hydrogen) atoms. The topological polar surface area (TPSA) is 69.8 Å². The maximum atomic E-state index is 6.02. The van der Waals surface area contributed by atoms with Crippen molar-refractivity contribution >= 4 is 22.9 Å². The fourth-order valence-corrected chi connectivity index (χ4v) is 3.77. The van der Waals surface area contributed by atoms with Gasteiger partial charge >= 0.3 is 0 Å². The first-order valence-electron chi connectivity index (χ1n) is 7.39. The van der Waals surface area contributed by atoms with E-state index in [4.69, 9.17) is 16.3 Å². The normalized spacial score (nSPS) is 19.3. The van der Waals surface area contributed by atoms with E-state index in [0.29, 0.717) is 6.61 Å². The number of ether oxygens (including phenoxy) is 1. The molecule has 0 aromatic carbocycles. The van der Waals surface area contributed by atoms with Crippen LogP contribution in [0.5, 0.6) is 0 Å². The summed E-state index contributed by atoms with van der Waals surface area (Å²) in [5.74, 6) is 0.920. The minimum absolute atomic E-state index is 0.108. The molecule has 4 rings (SSSR count). The maximum Gasteiger partial charge on any atom is 0.126 e. The molecule has 6 nitrogen and oxygen atoms in total. The number of nitrogens with one attached hydrogen (secondary N) is 2. The van der Waals surface area contributed by atoms with Crippen molar-refractivity contribution in [1.82, 2.24) is 24.8 Å². The quantitative estimate of drug-likeness (QED) is 0.759. The minimum atomic E-state index is 0.108. The number of aromatic amines is 2. The molecular formula is C15H16ClN5OS. The molecule has 1 saturated heterocycles. The van der Waals surface area contributed by atoms with E-state index in [1.165, 1.54) is 0 Å². The molecule has 1 aliphatic rings. The molecule has 0 bridgehead atoms. The number of hydrogen-bond acceptors (Lipinski definition) is 5. The van der Waals surface area contributed by atoms with Gasteiger partial charge in [-0.15, -0.1) is 11.3 Å². The van der Waals surface area contributed by atoms with E-state index < -0.39 is 0 Å². The van der Waals surface area contributed by atoms with E-state index >= 15 is 0 Å². The van der Waals surface area contributed by atoms with E-state index in [9.17, 15) is 0 Å². The molecule has 0 radical (unpaired) electrons. The van der Waals surface area contributed by atoms with Crippen molar-refractivity contribution in [3.8, 4) is 10.6 Å². The Labute approximate surface area is 142 Å². The molecule has 120 valence electrons. The van der Waals surface area contributed by atoms with Crippen molar-refractivity contribution in [2.45, 2.75) is 12.6 Å². The number of morpholine rings is 1. The van der Waals surface area contributed by atoms with Crippen molar-refractivity contribution < 1.29 is 4.74 Å². The van der Waals surface area contributed by atoms with E-state index in [1.54, 1.807) is 17.7 Å². The van der Waals surface area contributed by atoms with Crippen LogP contribution in [0.25, 0.3) is 10.6 Å². The summed E-state index contributed by atoms with van der Waals surface area (Å²) in [6.45, 7) is 3.03. The number of halogens is 1. The molecule has 1 atom stereocenters. The number of imidazole rings is 2. The van der Waals surface area contributed by atoms with Gasteiger partial charge in [0.05, 0.1) is 46.7 Å². The molecule has 2 N–H and O–H groups in total. The molecule has 1 fully saturated rings. The smallest absolute Gasteiger partial charge is 0.126 e. The van der Waals surface area contributed by atoms with Gasteiger partial charge in [-0.2, -0.15) is 0 Å². The highest BCUT2D eigenvalue weighted by atomic mass is 35.5. The molecule has 1 unspecified atom stereocenters. The third kappa shape index (κ3) is 3.18. The zero-order valence-electron chi connectivity index (χ0n) is 12.3. The Morgan fingerprint density at radius 2 is 2.35 bits per heavy atom. The highest BCUT2D eigenvalue weighted by molar-refractivity contribution is 7.19. The fraction of sp³-hybridized carbons (Fsp3) is 0.333. The number of rotatable bonds is 4. The standard InChI is InChI=1S/C15H16ClN5OS/c16-14-2-1-13(23-14)11-6-18-15(20-11)12-8-22-4-3-21(12)7-10-5-17-9-19-10/h1-2,5-6,9,12H,3-4,7-8H2,(H,17,19)(H,18,20). The first kappa shape index (κ1) is 14.9. The van der Waals surface area contributed by atoms with Crippen LogP contribution in [0.15, 0.2) is 30.9 Å². The second kappa shape index (κ2) is 6.45. The maximum absolute atomic E-state index is 6.02. The largest absolute Gasteiger partial charge is 0.378 e. The Morgan fingerprint density at radius 3 is 3.13 bits per heavy atom. The van der Waals surface area contributed by atoms with Crippen molar-refractivity contribution in [3.05, 3.63) is 46.7 Å². The van der Waals surface area contributed by atoms with Gasteiger partial charge < -0.3 is 14.7 Å². The van der Waals surface area contributed by atoms with Gasteiger partial charge in [-0.1, -0.05) is 11.6 Å². The van der Waals surface area contributed by atoms with Crippen molar-refractivity contribution in [1.29, 1.82) is 0 Å². The summed E-state index contributed by atoms with van der Waals surface area (Å²) in [6.07, 6.45) is 5.42. The molecule has 3 aromatic heterocycles. The lowest BCUT2D eigenvalue weighted by atomic mass is 10.2. The van der Waals surface area contributed by atoms with Crippen LogP contribution in [-0.2, 0) is 11.3 Å². The molecule has 0 spiro atoms. The third-order valence-corrected chi connectivity index (χ3v) is 5.18. The zero-order valence-corrected chi connectivity index (χ0v) is 13.9. The van der Waals surface area contributed by atoms with E-state index in [2.05, 4.69) is 24.8 Å². The van der Waals surface area contributed by atoms with E-state index in [-0.39, 0.29) is 6.04 Å². The Kier molecular flexibility index (Phi) is 4.17.